The summed E-state index contributed by atoms with van der Waals surface area (Å²) >= 11 is 0. The van der Waals surface area contributed by atoms with Crippen LogP contribution in [0.3, 0.4) is 0 Å². The minimum Gasteiger partial charge on any atom is -0.497 e. The van der Waals surface area contributed by atoms with E-state index in [2.05, 4.69) is 15.5 Å². The first-order valence-electron chi connectivity index (χ1n) is 11.4. The van der Waals surface area contributed by atoms with E-state index in [0.29, 0.717) is 30.3 Å². The molecule has 174 valence electrons. The van der Waals surface area contributed by atoms with E-state index in [0.717, 1.165) is 54.7 Å². The largest absolute Gasteiger partial charge is 0.497 e. The topological polar surface area (TPSA) is 84.4 Å². The summed E-state index contributed by atoms with van der Waals surface area (Å²) < 4.78 is 32.6. The normalized spacial score (nSPS) is 15.1. The van der Waals surface area contributed by atoms with Crippen molar-refractivity contribution < 1.29 is 13.2 Å². The van der Waals surface area contributed by atoms with Gasteiger partial charge in [0, 0.05) is 25.2 Å². The van der Waals surface area contributed by atoms with Crippen LogP contribution in [-0.4, -0.2) is 49.7 Å². The molecule has 3 aromatic rings. The van der Waals surface area contributed by atoms with Gasteiger partial charge in [0.25, 0.3) is 0 Å². The van der Waals surface area contributed by atoms with Gasteiger partial charge in [0.15, 0.2) is 0 Å². The van der Waals surface area contributed by atoms with Gasteiger partial charge in [0.2, 0.25) is 10.0 Å². The first-order chi connectivity index (χ1) is 16.1. The van der Waals surface area contributed by atoms with Crippen LogP contribution < -0.4 is 10.1 Å². The molecule has 0 amide bonds. The van der Waals surface area contributed by atoms with Crippen molar-refractivity contribution in [2.24, 2.45) is 0 Å². The molecule has 0 bridgehead atoms. The highest BCUT2D eigenvalue weighted by Gasteiger charge is 2.24. The SMILES string of the molecule is COc1ccc(-c2ccc(NCCc3ccc(S(=O)(=O)N4CCCCCC4)cc3)nn2)cc1. The van der Waals surface area contributed by atoms with Gasteiger partial charge in [-0.15, -0.1) is 10.2 Å². The van der Waals surface area contributed by atoms with E-state index < -0.39 is 10.0 Å². The standard InChI is InChI=1S/C25H30N4O3S/c1-32-22-10-8-21(9-11-22)24-14-15-25(28-27-24)26-17-16-20-6-12-23(13-7-20)33(30,31)29-18-4-2-3-5-19-29/h6-15H,2-5,16-19H2,1H3,(H,26,28). The molecular formula is C25H30N4O3S. The highest BCUT2D eigenvalue weighted by molar-refractivity contribution is 7.89. The van der Waals surface area contributed by atoms with Crippen LogP contribution in [-0.2, 0) is 16.4 Å². The van der Waals surface area contributed by atoms with Crippen LogP contribution in [0.1, 0.15) is 31.2 Å². The lowest BCUT2D eigenvalue weighted by Crippen LogP contribution is -2.31. The summed E-state index contributed by atoms with van der Waals surface area (Å²) in [5.74, 6) is 1.50. The Morgan fingerprint density at radius 3 is 2.18 bits per heavy atom. The van der Waals surface area contributed by atoms with E-state index in [1.165, 1.54) is 0 Å². The number of nitrogens with one attached hydrogen (secondary N) is 1. The molecule has 0 atom stereocenters. The average molecular weight is 467 g/mol. The summed E-state index contributed by atoms with van der Waals surface area (Å²) in [6.45, 7) is 1.91. The Hall–Kier alpha value is -2.97. The maximum atomic E-state index is 12.9. The minimum atomic E-state index is -3.40. The van der Waals surface area contributed by atoms with Crippen LogP contribution in [0.4, 0.5) is 5.82 Å². The second-order valence-electron chi connectivity index (χ2n) is 8.17. The van der Waals surface area contributed by atoms with E-state index in [4.69, 9.17) is 4.74 Å². The molecule has 1 aliphatic heterocycles. The Balaban J connectivity index is 1.30. The minimum absolute atomic E-state index is 0.376. The number of benzene rings is 2. The number of rotatable bonds is 8. The molecule has 1 aliphatic rings. The summed E-state index contributed by atoms with van der Waals surface area (Å²) in [5, 5.41) is 11.8. The molecule has 0 unspecified atom stereocenters. The quantitative estimate of drug-likeness (QED) is 0.531. The van der Waals surface area contributed by atoms with Crippen LogP contribution in [0, 0.1) is 0 Å². The molecule has 1 aromatic heterocycles. The fraction of sp³-hybridized carbons (Fsp3) is 0.360. The Kier molecular flexibility index (Phi) is 7.57. The molecule has 2 aromatic carbocycles. The monoisotopic (exact) mass is 466 g/mol. The van der Waals surface area contributed by atoms with Gasteiger partial charge in [-0.2, -0.15) is 4.31 Å². The van der Waals surface area contributed by atoms with Gasteiger partial charge in [-0.3, -0.25) is 0 Å². The van der Waals surface area contributed by atoms with E-state index in [9.17, 15) is 8.42 Å². The number of ether oxygens (including phenoxy) is 1. The van der Waals surface area contributed by atoms with Gasteiger partial charge in [-0.25, -0.2) is 8.42 Å². The molecule has 0 radical (unpaired) electrons. The number of nitrogens with zero attached hydrogens (tertiary/aromatic N) is 3. The van der Waals surface area contributed by atoms with Crippen LogP contribution in [0.25, 0.3) is 11.3 Å². The zero-order valence-electron chi connectivity index (χ0n) is 18.9. The fourth-order valence-electron chi connectivity index (χ4n) is 3.94. The lowest BCUT2D eigenvalue weighted by molar-refractivity contribution is 0.415. The van der Waals surface area contributed by atoms with E-state index in [1.54, 1.807) is 23.5 Å². The second kappa shape index (κ2) is 10.8. The second-order valence-corrected chi connectivity index (χ2v) is 10.1. The molecule has 2 heterocycles. The molecular weight excluding hydrogens is 436 g/mol. The Morgan fingerprint density at radius 1 is 0.879 bits per heavy atom. The van der Waals surface area contributed by atoms with Crippen LogP contribution in [0.5, 0.6) is 5.75 Å². The van der Waals surface area contributed by atoms with Gasteiger partial charge in [0.1, 0.15) is 11.6 Å². The number of sulfonamides is 1. The van der Waals surface area contributed by atoms with Gasteiger partial charge in [-0.1, -0.05) is 25.0 Å². The number of hydrogen-bond acceptors (Lipinski definition) is 6. The van der Waals surface area contributed by atoms with Crippen molar-refractivity contribution in [3.05, 3.63) is 66.2 Å². The summed E-state index contributed by atoms with van der Waals surface area (Å²) in [6, 6.07) is 18.8. The first-order valence-corrected chi connectivity index (χ1v) is 12.8. The lowest BCUT2D eigenvalue weighted by Gasteiger charge is -2.20. The molecule has 1 N–H and O–H groups in total. The van der Waals surface area contributed by atoms with Crippen LogP contribution in [0.2, 0.25) is 0 Å². The Morgan fingerprint density at radius 2 is 1.58 bits per heavy atom. The van der Waals surface area contributed by atoms with Crippen molar-refractivity contribution in [1.29, 1.82) is 0 Å². The number of anilines is 1. The molecule has 0 saturated carbocycles. The van der Waals surface area contributed by atoms with Crippen molar-refractivity contribution in [3.63, 3.8) is 0 Å². The summed E-state index contributed by atoms with van der Waals surface area (Å²) in [4.78, 5) is 0.376. The third kappa shape index (κ3) is 5.89. The van der Waals surface area contributed by atoms with Gasteiger partial charge >= 0.3 is 0 Å². The van der Waals surface area contributed by atoms with E-state index in [1.807, 2.05) is 48.5 Å². The predicted molar refractivity (Wildman–Crippen MR) is 130 cm³/mol. The molecule has 8 heteroatoms. The van der Waals surface area contributed by atoms with Gasteiger partial charge in [0.05, 0.1) is 17.7 Å². The first kappa shape index (κ1) is 23.2. The highest BCUT2D eigenvalue weighted by atomic mass is 32.2. The lowest BCUT2D eigenvalue weighted by atomic mass is 10.1. The van der Waals surface area contributed by atoms with Crippen molar-refractivity contribution in [1.82, 2.24) is 14.5 Å². The molecule has 7 nitrogen and oxygen atoms in total. The fourth-order valence-corrected chi connectivity index (χ4v) is 5.45. The number of aromatic nitrogens is 2. The van der Waals surface area contributed by atoms with Crippen LogP contribution >= 0.6 is 0 Å². The van der Waals surface area contributed by atoms with Crippen molar-refractivity contribution in [3.8, 4) is 17.0 Å². The zero-order valence-corrected chi connectivity index (χ0v) is 19.7. The van der Waals surface area contributed by atoms with Gasteiger partial charge in [-0.05, 0) is 73.4 Å². The summed E-state index contributed by atoms with van der Waals surface area (Å²) in [7, 11) is -1.76. The van der Waals surface area contributed by atoms with E-state index in [-0.39, 0.29) is 0 Å². The highest BCUT2D eigenvalue weighted by Crippen LogP contribution is 2.22. The van der Waals surface area contributed by atoms with Crippen molar-refractivity contribution in [2.45, 2.75) is 37.0 Å². The number of hydrogen-bond donors (Lipinski definition) is 1. The molecule has 0 spiro atoms. The van der Waals surface area contributed by atoms with Gasteiger partial charge < -0.3 is 10.1 Å². The predicted octanol–water partition coefficient (Wildman–Crippen LogP) is 4.37. The molecule has 1 saturated heterocycles. The Labute approximate surface area is 195 Å². The van der Waals surface area contributed by atoms with Crippen LogP contribution in [0.15, 0.2) is 65.6 Å². The zero-order chi connectivity index (χ0) is 23.1. The molecule has 0 aliphatic carbocycles. The smallest absolute Gasteiger partial charge is 0.243 e. The maximum Gasteiger partial charge on any atom is 0.243 e. The Bertz CT molecular complexity index is 1120. The maximum absolute atomic E-state index is 12.9. The summed E-state index contributed by atoms with van der Waals surface area (Å²) in [5.41, 5.74) is 2.84. The average Bonchev–Trinajstić information content (AvgIpc) is 3.15. The van der Waals surface area contributed by atoms with Crippen molar-refractivity contribution >= 4 is 15.8 Å². The molecule has 1 fully saturated rings. The molecule has 4 rings (SSSR count). The van der Waals surface area contributed by atoms with E-state index >= 15 is 0 Å². The van der Waals surface area contributed by atoms with Crippen molar-refractivity contribution in [2.75, 3.05) is 32.1 Å². The third-order valence-electron chi connectivity index (χ3n) is 5.90. The summed E-state index contributed by atoms with van der Waals surface area (Å²) in [6.07, 6.45) is 4.84. The molecule has 33 heavy (non-hydrogen) atoms. The third-order valence-corrected chi connectivity index (χ3v) is 7.81. The number of methoxy groups -OCH3 is 1.